The van der Waals surface area contributed by atoms with Crippen LogP contribution in [0.3, 0.4) is 0 Å². The van der Waals surface area contributed by atoms with Gasteiger partial charge in [-0.2, -0.15) is 0 Å². The van der Waals surface area contributed by atoms with Gasteiger partial charge in [-0.05, 0) is 54.9 Å². The fourth-order valence-corrected chi connectivity index (χ4v) is 6.53. The largest absolute Gasteiger partial charge is 0.480 e. The molecule has 0 heterocycles. The van der Waals surface area contributed by atoms with Crippen molar-refractivity contribution >= 4 is 65.4 Å². The van der Waals surface area contributed by atoms with Gasteiger partial charge in [-0.1, -0.05) is 22.8 Å². The highest BCUT2D eigenvalue weighted by molar-refractivity contribution is 8.22. The highest BCUT2D eigenvalue weighted by atomic mass is 32.0. The maximum atomic E-state index is 12.9. The van der Waals surface area contributed by atoms with Gasteiger partial charge in [0.05, 0.1) is 19.8 Å². The fraction of sp³-hybridized carbons (Fsp3) is 0.781. The second-order valence-electron chi connectivity index (χ2n) is 13.4. The quantitative estimate of drug-likeness (QED) is 0.0211. The molecule has 0 rings (SSSR count). The molecule has 0 aliphatic heterocycles. The average molecular weight is 830 g/mol. The van der Waals surface area contributed by atoms with Crippen molar-refractivity contribution in [3.8, 4) is 0 Å². The van der Waals surface area contributed by atoms with Gasteiger partial charge in [-0.3, -0.25) is 38.9 Å². The smallest absolute Gasteiger partial charge is 0.327 e. The van der Waals surface area contributed by atoms with E-state index in [1.807, 2.05) is 0 Å². The zero-order valence-corrected chi connectivity index (χ0v) is 35.5. The highest BCUT2D eigenvalue weighted by Gasteiger charge is 2.28. The summed E-state index contributed by atoms with van der Waals surface area (Å²) in [7, 11) is -0.302. The van der Waals surface area contributed by atoms with E-state index in [1.54, 1.807) is 48.2 Å². The maximum absolute atomic E-state index is 12.9. The van der Waals surface area contributed by atoms with E-state index in [1.165, 1.54) is 4.90 Å². The topological polar surface area (TPSA) is 263 Å². The molecule has 0 aliphatic rings. The summed E-state index contributed by atoms with van der Waals surface area (Å²) < 4.78 is 11.1. The van der Waals surface area contributed by atoms with E-state index in [0.717, 1.165) is 0 Å². The van der Waals surface area contributed by atoms with Crippen LogP contribution in [0.1, 0.15) is 54.4 Å². The van der Waals surface area contributed by atoms with Crippen molar-refractivity contribution in [1.29, 1.82) is 0 Å². The third kappa shape index (κ3) is 25.5. The Hall–Kier alpha value is -2.62. The van der Waals surface area contributed by atoms with Gasteiger partial charge in [0, 0.05) is 63.9 Å². The molecule has 54 heavy (non-hydrogen) atoms. The van der Waals surface area contributed by atoms with E-state index in [2.05, 4.69) is 41.0 Å². The molecule has 0 aromatic carbocycles. The molecule has 0 saturated carbocycles. The summed E-state index contributed by atoms with van der Waals surface area (Å²) in [5.74, 6) is -2.62. The normalized spacial score (nSPS) is 13.1. The number of hydrogen-bond acceptors (Lipinski definition) is 12. The molecule has 8 N–H and O–H groups in total. The van der Waals surface area contributed by atoms with Crippen LogP contribution in [0.2, 0.25) is 0 Å². The average Bonchev–Trinajstić information content (AvgIpc) is 3.06. The van der Waals surface area contributed by atoms with E-state index in [0.29, 0.717) is 12.6 Å². The van der Waals surface area contributed by atoms with E-state index in [9.17, 15) is 38.7 Å². The van der Waals surface area contributed by atoms with Crippen LogP contribution in [0.5, 0.6) is 0 Å². The number of hydrogen-bond donors (Lipinski definition) is 8. The third-order valence-electron chi connectivity index (χ3n) is 7.23. The molecule has 4 unspecified atom stereocenters. The molecule has 22 heteroatoms. The number of rotatable bonds is 31. The molecule has 0 fully saturated rings. The van der Waals surface area contributed by atoms with Crippen LogP contribution in [-0.4, -0.2) is 159 Å². The zero-order valence-electron chi connectivity index (χ0n) is 32.5. The Bertz CT molecular complexity index is 1180. The Balaban J connectivity index is 4.35. The van der Waals surface area contributed by atoms with Crippen LogP contribution in [0.4, 0.5) is 9.59 Å². The molecule has 312 valence electrons. The minimum atomic E-state index is -1.32. The zero-order chi connectivity index (χ0) is 41.3. The predicted octanol–water partition coefficient (Wildman–Crippen LogP) is 1.11. The predicted molar refractivity (Wildman–Crippen MR) is 210 cm³/mol. The first kappa shape index (κ1) is 51.4. The summed E-state index contributed by atoms with van der Waals surface area (Å²) in [6, 6.07) is -1.27. The van der Waals surface area contributed by atoms with Crippen LogP contribution >= 0.6 is 24.5 Å². The first-order chi connectivity index (χ1) is 25.3. The lowest BCUT2D eigenvalue weighted by atomic mass is 9.88. The van der Waals surface area contributed by atoms with E-state index in [-0.39, 0.29) is 114 Å². The second-order valence-corrected chi connectivity index (χ2v) is 19.2. The fourth-order valence-electron chi connectivity index (χ4n) is 4.24. The molecule has 0 aromatic heterocycles. The summed E-state index contributed by atoms with van der Waals surface area (Å²) in [6.45, 7) is 13.2. The molecule has 0 aromatic rings. The lowest BCUT2D eigenvalue weighted by molar-refractivity contribution is -0.140. The first-order valence-electron chi connectivity index (χ1n) is 17.6. The lowest BCUT2D eigenvalue weighted by Gasteiger charge is -2.25. The van der Waals surface area contributed by atoms with Gasteiger partial charge in [0.25, 0.3) is 0 Å². The number of carboxylic acid groups (broad SMARTS) is 2. The maximum Gasteiger partial charge on any atom is 0.327 e. The Kier molecular flexibility index (Phi) is 27.3. The first-order valence-corrected chi connectivity index (χ1v) is 22.7. The number of ether oxygens (including phenoxy) is 2. The Morgan fingerprint density at radius 3 is 1.93 bits per heavy atom. The lowest BCUT2D eigenvalue weighted by Crippen LogP contribution is -2.48. The van der Waals surface area contributed by atoms with Gasteiger partial charge in [-0.25, -0.2) is 10.3 Å². The van der Waals surface area contributed by atoms with Gasteiger partial charge in [0.2, 0.25) is 29.3 Å². The number of amides is 5. The number of nitrogens with zero attached hydrogens (tertiary/aromatic N) is 1. The number of aliphatic carboxylic acids is 1. The SMILES string of the molecule is CC(C)NC(=O)CN(CC(=O)NC(C)C)C(=O)CCNC(=O)C(C)(C)CCOCCOCCNC(=O)P(C)CC(NCONCCP(P)C(=O)O)C(=O)O. The standard InChI is InChI=1S/C32H62N7O12P3/c1-22(2)37-25(40)18-39(19-26(41)38-23(3)4)27(42)8-10-33-29(45)32(5,6)9-13-49-15-16-50-14-11-34-30(46)53(7)20-24(28(43)44)35-21-51-36-12-17-54(52)31(47)48/h22-24,35-36H,8-21,52H2,1-7H3,(H,33,45)(H,34,46)(H,37,40)(H,38,41)(H,43,44)(H,47,48). The van der Waals surface area contributed by atoms with Crippen molar-refractivity contribution in [2.45, 2.75) is 72.5 Å². The summed E-state index contributed by atoms with van der Waals surface area (Å²) in [6.07, 6.45) is 0.745. The minimum Gasteiger partial charge on any atom is -0.480 e. The number of carbonyl (C=O) groups is 7. The molecule has 0 spiro atoms. The van der Waals surface area contributed by atoms with Gasteiger partial charge in [-0.15, -0.1) is 0 Å². The van der Waals surface area contributed by atoms with Gasteiger partial charge in [0.1, 0.15) is 25.9 Å². The number of carboxylic acids is 1. The molecule has 19 nitrogen and oxygen atoms in total. The molecule has 5 amide bonds. The molecule has 0 radical (unpaired) electrons. The van der Waals surface area contributed by atoms with Crippen LogP contribution in [0, 0.1) is 5.41 Å². The minimum absolute atomic E-state index is 0.0301. The molecule has 0 bridgehead atoms. The third-order valence-corrected chi connectivity index (χ3v) is 11.6. The number of carbonyl (C=O) groups excluding carboxylic acids is 5. The van der Waals surface area contributed by atoms with Crippen molar-refractivity contribution < 1.29 is 58.1 Å². The van der Waals surface area contributed by atoms with Crippen LogP contribution < -0.4 is 32.1 Å². The molecule has 0 aliphatic carbocycles. The van der Waals surface area contributed by atoms with Crippen molar-refractivity contribution in [1.82, 2.24) is 37.0 Å². The van der Waals surface area contributed by atoms with Crippen LogP contribution in [0.25, 0.3) is 0 Å². The monoisotopic (exact) mass is 829 g/mol. The summed E-state index contributed by atoms with van der Waals surface area (Å²) >= 11 is 0. The van der Waals surface area contributed by atoms with E-state index in [4.69, 9.17) is 19.4 Å². The molecule has 0 saturated heterocycles. The van der Waals surface area contributed by atoms with E-state index < -0.39 is 44.6 Å². The number of nitrogens with one attached hydrogen (secondary N) is 6. The highest BCUT2D eigenvalue weighted by Crippen LogP contribution is 2.44. The van der Waals surface area contributed by atoms with Gasteiger partial charge >= 0.3 is 11.7 Å². The summed E-state index contributed by atoms with van der Waals surface area (Å²) in [4.78, 5) is 91.5. The van der Waals surface area contributed by atoms with Crippen molar-refractivity contribution in [2.24, 2.45) is 5.41 Å². The van der Waals surface area contributed by atoms with Crippen molar-refractivity contribution in [2.75, 3.05) is 84.9 Å². The summed E-state index contributed by atoms with van der Waals surface area (Å²) in [5.41, 5.74) is 0.613. The van der Waals surface area contributed by atoms with Gasteiger partial charge in [0.15, 0.2) is 0 Å². The molecule has 4 atom stereocenters. The van der Waals surface area contributed by atoms with Crippen LogP contribution in [0.15, 0.2) is 0 Å². The Labute approximate surface area is 322 Å². The number of hydroxylamine groups is 1. The van der Waals surface area contributed by atoms with Crippen LogP contribution in [-0.2, 0) is 38.3 Å². The molecular weight excluding hydrogens is 767 g/mol. The van der Waals surface area contributed by atoms with Gasteiger partial charge < -0.3 is 45.9 Å². The second kappa shape index (κ2) is 28.7. The Morgan fingerprint density at radius 2 is 1.39 bits per heavy atom. The van der Waals surface area contributed by atoms with Crippen molar-refractivity contribution in [3.05, 3.63) is 0 Å². The van der Waals surface area contributed by atoms with Crippen molar-refractivity contribution in [3.63, 3.8) is 0 Å². The summed E-state index contributed by atoms with van der Waals surface area (Å²) in [5, 5.41) is 32.0. The molecular formula is C32H62N7O12P3. The Morgan fingerprint density at radius 1 is 0.815 bits per heavy atom. The van der Waals surface area contributed by atoms with E-state index >= 15 is 0 Å².